The molecular weight excluding hydrogens is 358 g/mol. The summed E-state index contributed by atoms with van der Waals surface area (Å²) in [7, 11) is 1.60. The highest BCUT2D eigenvalue weighted by molar-refractivity contribution is 9.10. The van der Waals surface area contributed by atoms with Gasteiger partial charge in [-0.1, -0.05) is 39.7 Å². The molecule has 0 aliphatic rings. The molecule has 0 aromatic heterocycles. The van der Waals surface area contributed by atoms with Gasteiger partial charge < -0.3 is 10.5 Å². The third-order valence-electron chi connectivity index (χ3n) is 2.83. The van der Waals surface area contributed by atoms with E-state index in [1.54, 1.807) is 18.9 Å². The largest absolute Gasteiger partial charge is 0.495 e. The third kappa shape index (κ3) is 4.16. The lowest BCUT2D eigenvalue weighted by atomic mass is 10.1. The van der Waals surface area contributed by atoms with E-state index in [0.29, 0.717) is 10.8 Å². The molecule has 0 bridgehead atoms. The standard InChI is InChI=1S/C15H15BrClNOS/c1-19-15-7-10(5-6-13(15)17)14(18)9-20-12-4-2-3-11(16)8-12/h2-8,14H,9,18H2,1H3. The van der Waals surface area contributed by atoms with Crippen molar-refractivity contribution >= 4 is 39.3 Å². The molecule has 1 unspecified atom stereocenters. The van der Waals surface area contributed by atoms with E-state index in [9.17, 15) is 0 Å². The van der Waals surface area contributed by atoms with Crippen LogP contribution in [-0.4, -0.2) is 12.9 Å². The van der Waals surface area contributed by atoms with Crippen molar-refractivity contribution in [1.29, 1.82) is 0 Å². The van der Waals surface area contributed by atoms with Gasteiger partial charge in [0, 0.05) is 21.2 Å². The minimum absolute atomic E-state index is 0.0647. The van der Waals surface area contributed by atoms with Crippen molar-refractivity contribution in [3.8, 4) is 5.75 Å². The Hall–Kier alpha value is -0.680. The van der Waals surface area contributed by atoms with Crippen LogP contribution in [0.15, 0.2) is 51.8 Å². The minimum atomic E-state index is -0.0647. The SMILES string of the molecule is COc1cc(C(N)CSc2cccc(Br)c2)ccc1Cl. The van der Waals surface area contributed by atoms with Gasteiger partial charge in [0.15, 0.2) is 0 Å². The molecular formula is C15H15BrClNOS. The van der Waals surface area contributed by atoms with Crippen molar-refractivity contribution in [1.82, 2.24) is 0 Å². The first kappa shape index (κ1) is 15.7. The first-order valence-electron chi connectivity index (χ1n) is 6.07. The first-order valence-corrected chi connectivity index (χ1v) is 8.23. The van der Waals surface area contributed by atoms with Crippen LogP contribution in [0.2, 0.25) is 5.02 Å². The maximum atomic E-state index is 6.22. The monoisotopic (exact) mass is 371 g/mol. The molecule has 0 saturated heterocycles. The Kier molecular flexibility index (Phi) is 5.78. The fraction of sp³-hybridized carbons (Fsp3) is 0.200. The van der Waals surface area contributed by atoms with E-state index >= 15 is 0 Å². The number of nitrogens with two attached hydrogens (primary N) is 1. The average Bonchev–Trinajstić information content (AvgIpc) is 2.45. The van der Waals surface area contributed by atoms with Gasteiger partial charge in [0.05, 0.1) is 12.1 Å². The van der Waals surface area contributed by atoms with Gasteiger partial charge in [-0.15, -0.1) is 11.8 Å². The quantitative estimate of drug-likeness (QED) is 0.758. The highest BCUT2D eigenvalue weighted by Crippen LogP contribution is 2.30. The molecule has 2 nitrogen and oxygen atoms in total. The fourth-order valence-electron chi connectivity index (χ4n) is 1.75. The number of benzene rings is 2. The highest BCUT2D eigenvalue weighted by Gasteiger charge is 2.10. The minimum Gasteiger partial charge on any atom is -0.495 e. The summed E-state index contributed by atoms with van der Waals surface area (Å²) in [6.07, 6.45) is 0. The van der Waals surface area contributed by atoms with Crippen molar-refractivity contribution in [2.45, 2.75) is 10.9 Å². The zero-order valence-corrected chi connectivity index (χ0v) is 14.1. The Labute approximate surface area is 136 Å². The van der Waals surface area contributed by atoms with E-state index in [-0.39, 0.29) is 6.04 Å². The molecule has 0 radical (unpaired) electrons. The van der Waals surface area contributed by atoms with E-state index in [1.165, 1.54) is 4.90 Å². The molecule has 2 rings (SSSR count). The lowest BCUT2D eigenvalue weighted by Gasteiger charge is -2.13. The summed E-state index contributed by atoms with van der Waals surface area (Å²) in [4.78, 5) is 1.19. The Bertz CT molecular complexity index is 594. The molecule has 0 spiro atoms. The molecule has 2 aromatic rings. The summed E-state index contributed by atoms with van der Waals surface area (Å²) in [5.41, 5.74) is 7.25. The van der Waals surface area contributed by atoms with E-state index in [1.807, 2.05) is 30.3 Å². The van der Waals surface area contributed by atoms with Crippen LogP contribution in [0.4, 0.5) is 0 Å². The Morgan fingerprint density at radius 1 is 1.30 bits per heavy atom. The third-order valence-corrected chi connectivity index (χ3v) is 4.75. The molecule has 2 N–H and O–H groups in total. The molecule has 0 heterocycles. The molecule has 0 aliphatic carbocycles. The van der Waals surface area contributed by atoms with Gasteiger partial charge in [-0.05, 0) is 35.9 Å². The van der Waals surface area contributed by atoms with E-state index in [4.69, 9.17) is 22.1 Å². The number of rotatable bonds is 5. The summed E-state index contributed by atoms with van der Waals surface area (Å²) < 4.78 is 6.29. The van der Waals surface area contributed by atoms with Crippen LogP contribution < -0.4 is 10.5 Å². The normalized spacial score (nSPS) is 12.2. The number of methoxy groups -OCH3 is 1. The molecule has 1 atom stereocenters. The van der Waals surface area contributed by atoms with Gasteiger partial charge >= 0.3 is 0 Å². The van der Waals surface area contributed by atoms with Gasteiger partial charge in [-0.2, -0.15) is 0 Å². The number of thioether (sulfide) groups is 1. The van der Waals surface area contributed by atoms with Crippen molar-refractivity contribution in [2.75, 3.05) is 12.9 Å². The lowest BCUT2D eigenvalue weighted by molar-refractivity contribution is 0.414. The van der Waals surface area contributed by atoms with Gasteiger partial charge in [0.2, 0.25) is 0 Å². The first-order chi connectivity index (χ1) is 9.60. The molecule has 5 heteroatoms. The molecule has 0 fully saturated rings. The van der Waals surface area contributed by atoms with Crippen molar-refractivity contribution < 1.29 is 4.74 Å². The summed E-state index contributed by atoms with van der Waals surface area (Å²) >= 11 is 11.2. The van der Waals surface area contributed by atoms with Crippen molar-refractivity contribution in [3.05, 3.63) is 57.5 Å². The molecule has 0 amide bonds. The Balaban J connectivity index is 2.03. The zero-order valence-electron chi connectivity index (χ0n) is 11.0. The van der Waals surface area contributed by atoms with E-state index in [2.05, 4.69) is 28.1 Å². The molecule has 20 heavy (non-hydrogen) atoms. The van der Waals surface area contributed by atoms with Crippen LogP contribution in [0.5, 0.6) is 5.75 Å². The van der Waals surface area contributed by atoms with Crippen LogP contribution in [0.3, 0.4) is 0 Å². The molecule has 0 saturated carbocycles. The Morgan fingerprint density at radius 3 is 2.80 bits per heavy atom. The summed E-state index contributed by atoms with van der Waals surface area (Å²) in [5.74, 6) is 1.45. The van der Waals surface area contributed by atoms with Crippen molar-refractivity contribution in [3.63, 3.8) is 0 Å². The second kappa shape index (κ2) is 7.36. The summed E-state index contributed by atoms with van der Waals surface area (Å²) in [5, 5.41) is 0.600. The smallest absolute Gasteiger partial charge is 0.137 e. The zero-order chi connectivity index (χ0) is 14.5. The molecule has 106 valence electrons. The summed E-state index contributed by atoms with van der Waals surface area (Å²) in [6.45, 7) is 0. The van der Waals surface area contributed by atoms with Gasteiger partial charge in [-0.3, -0.25) is 0 Å². The molecule has 2 aromatic carbocycles. The highest BCUT2D eigenvalue weighted by atomic mass is 79.9. The number of halogens is 2. The van der Waals surface area contributed by atoms with Gasteiger partial charge in [-0.25, -0.2) is 0 Å². The maximum absolute atomic E-state index is 6.22. The number of ether oxygens (including phenoxy) is 1. The lowest BCUT2D eigenvalue weighted by Crippen LogP contribution is -2.13. The van der Waals surface area contributed by atoms with E-state index in [0.717, 1.165) is 15.8 Å². The van der Waals surface area contributed by atoms with Crippen LogP contribution in [0.25, 0.3) is 0 Å². The fourth-order valence-corrected chi connectivity index (χ4v) is 3.44. The van der Waals surface area contributed by atoms with Gasteiger partial charge in [0.1, 0.15) is 5.75 Å². The van der Waals surface area contributed by atoms with Gasteiger partial charge in [0.25, 0.3) is 0 Å². The number of hydrogen-bond acceptors (Lipinski definition) is 3. The van der Waals surface area contributed by atoms with E-state index < -0.39 is 0 Å². The maximum Gasteiger partial charge on any atom is 0.137 e. The topological polar surface area (TPSA) is 35.2 Å². The number of hydrogen-bond donors (Lipinski definition) is 1. The van der Waals surface area contributed by atoms with Crippen molar-refractivity contribution in [2.24, 2.45) is 5.73 Å². The van der Waals surface area contributed by atoms with Crippen LogP contribution in [0, 0.1) is 0 Å². The second-order valence-corrected chi connectivity index (χ2v) is 6.69. The predicted octanol–water partition coefficient (Wildman–Crippen LogP) is 4.90. The van der Waals surface area contributed by atoms with Crippen LogP contribution in [-0.2, 0) is 0 Å². The summed E-state index contributed by atoms with van der Waals surface area (Å²) in [6, 6.07) is 13.8. The Morgan fingerprint density at radius 2 is 2.10 bits per heavy atom. The second-order valence-electron chi connectivity index (χ2n) is 4.27. The van der Waals surface area contributed by atoms with Crippen LogP contribution >= 0.6 is 39.3 Å². The molecule has 0 aliphatic heterocycles. The predicted molar refractivity (Wildman–Crippen MR) is 89.8 cm³/mol. The average molecular weight is 373 g/mol. The van der Waals surface area contributed by atoms with Crippen LogP contribution in [0.1, 0.15) is 11.6 Å².